The SMILES string of the molecule is O=C(c1cnccn1)N1CCC(Cn2c(C(F)(F)F)nc3ccccc32)CC1. The van der Waals surface area contributed by atoms with Crippen molar-refractivity contribution >= 4 is 16.9 Å². The number of hydrogen-bond acceptors (Lipinski definition) is 4. The van der Waals surface area contributed by atoms with Gasteiger partial charge in [-0.15, -0.1) is 0 Å². The number of rotatable bonds is 3. The van der Waals surface area contributed by atoms with Gasteiger partial charge in [0.25, 0.3) is 5.91 Å². The van der Waals surface area contributed by atoms with Crippen molar-refractivity contribution in [3.8, 4) is 0 Å². The molecule has 0 N–H and O–H groups in total. The first-order valence-corrected chi connectivity index (χ1v) is 9.01. The zero-order valence-corrected chi connectivity index (χ0v) is 14.9. The lowest BCUT2D eigenvalue weighted by Gasteiger charge is -2.32. The fraction of sp³-hybridized carbons (Fsp3) is 0.368. The van der Waals surface area contributed by atoms with E-state index in [1.807, 2.05) is 0 Å². The van der Waals surface area contributed by atoms with E-state index in [9.17, 15) is 18.0 Å². The van der Waals surface area contributed by atoms with E-state index >= 15 is 0 Å². The highest BCUT2D eigenvalue weighted by Crippen LogP contribution is 2.33. The highest BCUT2D eigenvalue weighted by molar-refractivity contribution is 5.92. The number of hydrogen-bond donors (Lipinski definition) is 0. The lowest BCUT2D eigenvalue weighted by Crippen LogP contribution is -2.39. The van der Waals surface area contributed by atoms with Crippen molar-refractivity contribution in [2.75, 3.05) is 13.1 Å². The van der Waals surface area contributed by atoms with Gasteiger partial charge >= 0.3 is 6.18 Å². The van der Waals surface area contributed by atoms with Gasteiger partial charge < -0.3 is 9.47 Å². The molecular weight excluding hydrogens is 371 g/mol. The molecule has 3 heterocycles. The first kappa shape index (κ1) is 18.4. The summed E-state index contributed by atoms with van der Waals surface area (Å²) >= 11 is 0. The van der Waals surface area contributed by atoms with Gasteiger partial charge in [-0.2, -0.15) is 13.2 Å². The van der Waals surface area contributed by atoms with E-state index in [2.05, 4.69) is 15.0 Å². The van der Waals surface area contributed by atoms with E-state index in [1.165, 1.54) is 23.2 Å². The molecule has 1 saturated heterocycles. The number of aromatic nitrogens is 4. The molecule has 6 nitrogen and oxygen atoms in total. The van der Waals surface area contributed by atoms with Crippen LogP contribution in [0.15, 0.2) is 42.9 Å². The van der Waals surface area contributed by atoms with Crippen molar-refractivity contribution in [3.63, 3.8) is 0 Å². The molecule has 1 aliphatic heterocycles. The van der Waals surface area contributed by atoms with Gasteiger partial charge in [0.2, 0.25) is 5.82 Å². The monoisotopic (exact) mass is 389 g/mol. The van der Waals surface area contributed by atoms with Crippen LogP contribution in [0.3, 0.4) is 0 Å². The van der Waals surface area contributed by atoms with Gasteiger partial charge in [-0.1, -0.05) is 12.1 Å². The molecule has 1 fully saturated rings. The molecule has 1 amide bonds. The van der Waals surface area contributed by atoms with Crippen LogP contribution in [-0.4, -0.2) is 43.4 Å². The Bertz CT molecular complexity index is 978. The first-order valence-electron chi connectivity index (χ1n) is 9.01. The van der Waals surface area contributed by atoms with Gasteiger partial charge in [0.1, 0.15) is 5.69 Å². The Morgan fingerprint density at radius 1 is 1.14 bits per heavy atom. The molecule has 0 atom stereocenters. The normalized spacial score (nSPS) is 15.9. The number of imidazole rings is 1. The van der Waals surface area contributed by atoms with Crippen LogP contribution in [0, 0.1) is 5.92 Å². The molecule has 1 aromatic carbocycles. The molecule has 1 aliphatic rings. The third-order valence-electron chi connectivity index (χ3n) is 5.03. The molecule has 0 radical (unpaired) electrons. The number of halogens is 3. The Morgan fingerprint density at radius 3 is 2.57 bits per heavy atom. The summed E-state index contributed by atoms with van der Waals surface area (Å²) in [5.74, 6) is -1.04. The summed E-state index contributed by atoms with van der Waals surface area (Å²) in [6.07, 6.45) is 1.11. The van der Waals surface area contributed by atoms with Gasteiger partial charge in [0.15, 0.2) is 0 Å². The second kappa shape index (κ2) is 7.21. The summed E-state index contributed by atoms with van der Waals surface area (Å²) in [6.45, 7) is 1.19. The number of nitrogens with zero attached hydrogens (tertiary/aromatic N) is 5. The predicted octanol–water partition coefficient (Wildman–Crippen LogP) is 3.40. The lowest BCUT2D eigenvalue weighted by atomic mass is 9.96. The standard InChI is InChI=1S/C19H18F3N5O/c20-19(21,22)18-25-14-3-1-2-4-16(14)27(18)12-13-5-9-26(10-6-13)17(28)15-11-23-7-8-24-15/h1-4,7-8,11,13H,5-6,9-10,12H2. The van der Waals surface area contributed by atoms with Crippen molar-refractivity contribution in [2.24, 2.45) is 5.92 Å². The van der Waals surface area contributed by atoms with E-state index in [1.54, 1.807) is 29.2 Å². The van der Waals surface area contributed by atoms with Crippen LogP contribution in [0.5, 0.6) is 0 Å². The fourth-order valence-electron chi connectivity index (χ4n) is 3.63. The predicted molar refractivity (Wildman–Crippen MR) is 95.4 cm³/mol. The van der Waals surface area contributed by atoms with E-state index in [4.69, 9.17) is 0 Å². The van der Waals surface area contributed by atoms with Gasteiger partial charge in [-0.05, 0) is 30.9 Å². The van der Waals surface area contributed by atoms with E-state index in [-0.39, 0.29) is 24.1 Å². The third kappa shape index (κ3) is 3.56. The average molecular weight is 389 g/mol. The summed E-state index contributed by atoms with van der Waals surface area (Å²) in [5, 5.41) is 0. The largest absolute Gasteiger partial charge is 0.449 e. The zero-order chi connectivity index (χ0) is 19.7. The van der Waals surface area contributed by atoms with Gasteiger partial charge in [0, 0.05) is 32.0 Å². The smallest absolute Gasteiger partial charge is 0.337 e. The fourth-order valence-corrected chi connectivity index (χ4v) is 3.63. The van der Waals surface area contributed by atoms with Crippen LogP contribution >= 0.6 is 0 Å². The molecule has 0 spiro atoms. The van der Waals surface area contributed by atoms with Crippen molar-refractivity contribution in [3.05, 3.63) is 54.4 Å². The Kier molecular flexibility index (Phi) is 4.74. The molecular formula is C19H18F3N5O. The second-order valence-corrected chi connectivity index (χ2v) is 6.86. The van der Waals surface area contributed by atoms with Crippen molar-refractivity contribution in [1.82, 2.24) is 24.4 Å². The number of fused-ring (bicyclic) bond motifs is 1. The Morgan fingerprint density at radius 2 is 1.89 bits per heavy atom. The second-order valence-electron chi connectivity index (χ2n) is 6.86. The van der Waals surface area contributed by atoms with Crippen molar-refractivity contribution in [2.45, 2.75) is 25.6 Å². The van der Waals surface area contributed by atoms with Crippen LogP contribution in [0.25, 0.3) is 11.0 Å². The number of carbonyl (C=O) groups is 1. The molecule has 0 bridgehead atoms. The van der Waals surface area contributed by atoms with Crippen molar-refractivity contribution < 1.29 is 18.0 Å². The van der Waals surface area contributed by atoms with Crippen LogP contribution in [0.2, 0.25) is 0 Å². The molecule has 4 rings (SSSR count). The molecule has 146 valence electrons. The van der Waals surface area contributed by atoms with Crippen LogP contribution in [0.1, 0.15) is 29.2 Å². The number of piperidine rings is 1. The Balaban J connectivity index is 1.49. The summed E-state index contributed by atoms with van der Waals surface area (Å²) in [5.41, 5.74) is 1.10. The summed E-state index contributed by atoms with van der Waals surface area (Å²) in [6, 6.07) is 6.63. The highest BCUT2D eigenvalue weighted by atomic mass is 19.4. The molecule has 0 saturated carbocycles. The van der Waals surface area contributed by atoms with Crippen LogP contribution < -0.4 is 0 Å². The third-order valence-corrected chi connectivity index (χ3v) is 5.03. The number of benzene rings is 1. The van der Waals surface area contributed by atoms with E-state index in [0.29, 0.717) is 37.0 Å². The molecule has 2 aromatic heterocycles. The Hall–Kier alpha value is -2.97. The quantitative estimate of drug-likeness (QED) is 0.689. The average Bonchev–Trinajstić information content (AvgIpc) is 3.08. The molecule has 28 heavy (non-hydrogen) atoms. The van der Waals surface area contributed by atoms with Gasteiger partial charge in [0.05, 0.1) is 17.2 Å². The summed E-state index contributed by atoms with van der Waals surface area (Å²) in [4.78, 5) is 25.8. The minimum atomic E-state index is -4.51. The van der Waals surface area contributed by atoms with E-state index < -0.39 is 12.0 Å². The van der Waals surface area contributed by atoms with E-state index in [0.717, 1.165) is 0 Å². The number of carbonyl (C=O) groups excluding carboxylic acids is 1. The summed E-state index contributed by atoms with van der Waals surface area (Å²) < 4.78 is 41.6. The minimum absolute atomic E-state index is 0.0320. The molecule has 0 unspecified atom stereocenters. The molecule has 9 heteroatoms. The Labute approximate surface area is 159 Å². The zero-order valence-electron chi connectivity index (χ0n) is 14.9. The van der Waals surface area contributed by atoms with Gasteiger partial charge in [-0.25, -0.2) is 9.97 Å². The van der Waals surface area contributed by atoms with Crippen molar-refractivity contribution in [1.29, 1.82) is 0 Å². The first-order chi connectivity index (χ1) is 13.4. The maximum absolute atomic E-state index is 13.4. The number of amides is 1. The molecule has 3 aromatic rings. The number of para-hydroxylation sites is 2. The summed E-state index contributed by atoms with van der Waals surface area (Å²) in [7, 11) is 0. The van der Waals surface area contributed by atoms with Gasteiger partial charge in [-0.3, -0.25) is 9.78 Å². The minimum Gasteiger partial charge on any atom is -0.337 e. The topological polar surface area (TPSA) is 63.9 Å². The number of likely N-dealkylation sites (tertiary alicyclic amines) is 1. The maximum atomic E-state index is 13.4. The molecule has 0 aliphatic carbocycles. The van der Waals surface area contributed by atoms with Crippen LogP contribution in [-0.2, 0) is 12.7 Å². The highest BCUT2D eigenvalue weighted by Gasteiger charge is 2.38. The number of alkyl halides is 3. The maximum Gasteiger partial charge on any atom is 0.449 e. The lowest BCUT2D eigenvalue weighted by molar-refractivity contribution is -0.147. The van der Waals surface area contributed by atoms with Crippen LogP contribution in [0.4, 0.5) is 13.2 Å².